The second-order valence-electron chi connectivity index (χ2n) is 8.43. The average molecular weight is 588 g/mol. The quantitative estimate of drug-likeness (QED) is 0.192. The molecule has 0 aromatic heterocycles. The van der Waals surface area contributed by atoms with E-state index in [1.165, 1.54) is 6.92 Å². The van der Waals surface area contributed by atoms with Gasteiger partial charge in [0.1, 0.15) is 6.04 Å². The number of carbonyl (C=O) groups excluding carboxylic acids is 3. The molecule has 5 nitrogen and oxygen atoms in total. The highest BCUT2D eigenvalue weighted by Crippen LogP contribution is 2.20. The lowest BCUT2D eigenvalue weighted by Gasteiger charge is -2.19. The van der Waals surface area contributed by atoms with Crippen molar-refractivity contribution < 1.29 is 14.4 Å². The first-order valence-electron chi connectivity index (χ1n) is 11.5. The van der Waals surface area contributed by atoms with Crippen molar-refractivity contribution in [3.8, 4) is 11.1 Å². The van der Waals surface area contributed by atoms with Crippen LogP contribution in [0, 0.1) is 3.57 Å². The van der Waals surface area contributed by atoms with E-state index in [1.54, 1.807) is 42.5 Å². The first kappa shape index (κ1) is 25.3. The highest BCUT2D eigenvalue weighted by Gasteiger charge is 2.23. The van der Waals surface area contributed by atoms with Gasteiger partial charge in [-0.3, -0.25) is 14.4 Å². The van der Waals surface area contributed by atoms with Crippen molar-refractivity contribution in [2.24, 2.45) is 0 Å². The maximum atomic E-state index is 13.3. The Balaban J connectivity index is 1.56. The van der Waals surface area contributed by atoms with E-state index in [2.05, 4.69) is 33.2 Å². The zero-order chi connectivity index (χ0) is 25.5. The van der Waals surface area contributed by atoms with Crippen LogP contribution in [0.5, 0.6) is 0 Å². The van der Waals surface area contributed by atoms with Gasteiger partial charge in [0.15, 0.2) is 5.78 Å². The molecule has 0 fully saturated rings. The molecule has 2 N–H and O–H groups in total. The Hall–Kier alpha value is -3.78. The molecule has 180 valence electrons. The number of nitrogens with one attached hydrogen (secondary N) is 2. The fraction of sp³-hybridized carbons (Fsp3) is 0.100. The number of anilines is 1. The fourth-order valence-corrected chi connectivity index (χ4v) is 4.37. The molecule has 0 radical (unpaired) electrons. The molecule has 36 heavy (non-hydrogen) atoms. The van der Waals surface area contributed by atoms with E-state index in [9.17, 15) is 14.4 Å². The summed E-state index contributed by atoms with van der Waals surface area (Å²) >= 11 is 2.15. The third kappa shape index (κ3) is 6.66. The molecule has 0 spiro atoms. The van der Waals surface area contributed by atoms with Gasteiger partial charge in [0.2, 0.25) is 5.91 Å². The Morgan fingerprint density at radius 2 is 1.42 bits per heavy atom. The summed E-state index contributed by atoms with van der Waals surface area (Å²) in [4.78, 5) is 38.1. The second kappa shape index (κ2) is 11.8. The number of halogens is 1. The molecule has 0 aliphatic rings. The van der Waals surface area contributed by atoms with Crippen molar-refractivity contribution in [1.82, 2.24) is 5.32 Å². The smallest absolute Gasteiger partial charge is 0.251 e. The zero-order valence-corrected chi connectivity index (χ0v) is 21.9. The number of benzene rings is 4. The molecule has 0 aliphatic carbocycles. The summed E-state index contributed by atoms with van der Waals surface area (Å²) in [5, 5.41) is 5.75. The average Bonchev–Trinajstić information content (AvgIpc) is 2.89. The second-order valence-corrected chi connectivity index (χ2v) is 9.68. The van der Waals surface area contributed by atoms with Gasteiger partial charge in [-0.05, 0) is 76.5 Å². The van der Waals surface area contributed by atoms with Crippen LogP contribution < -0.4 is 10.6 Å². The maximum absolute atomic E-state index is 13.3. The van der Waals surface area contributed by atoms with E-state index in [1.807, 2.05) is 60.7 Å². The van der Waals surface area contributed by atoms with Crippen LogP contribution in [0.1, 0.15) is 33.2 Å². The van der Waals surface area contributed by atoms with Gasteiger partial charge in [-0.2, -0.15) is 0 Å². The summed E-state index contributed by atoms with van der Waals surface area (Å²) in [6.45, 7) is 1.48. The third-order valence-corrected chi connectivity index (χ3v) is 6.42. The standard InChI is InChI=1S/C30H25IN2O3/c1-20(34)24-9-6-12-27(19-24)32-30(36)28(33-29(35)25-10-5-11-26(31)18-25)17-21-13-15-23(16-14-21)22-7-3-2-4-8-22/h2-16,18-19,28H,17H2,1H3,(H,32,36)(H,33,35)/t28-/m0/s1. The van der Waals surface area contributed by atoms with Crippen LogP contribution in [0.25, 0.3) is 11.1 Å². The molecule has 0 heterocycles. The van der Waals surface area contributed by atoms with Gasteiger partial charge in [0, 0.05) is 26.8 Å². The lowest BCUT2D eigenvalue weighted by molar-refractivity contribution is -0.118. The lowest BCUT2D eigenvalue weighted by Crippen LogP contribution is -2.45. The molecule has 0 saturated heterocycles. The van der Waals surface area contributed by atoms with Crippen molar-refractivity contribution in [2.75, 3.05) is 5.32 Å². The Morgan fingerprint density at radius 3 is 2.11 bits per heavy atom. The third-order valence-electron chi connectivity index (χ3n) is 5.75. The Kier molecular flexibility index (Phi) is 8.28. The Labute approximate surface area is 224 Å². The van der Waals surface area contributed by atoms with E-state index in [-0.39, 0.29) is 17.6 Å². The first-order valence-corrected chi connectivity index (χ1v) is 12.6. The van der Waals surface area contributed by atoms with Gasteiger partial charge in [0.05, 0.1) is 0 Å². The summed E-state index contributed by atoms with van der Waals surface area (Å²) in [7, 11) is 0. The summed E-state index contributed by atoms with van der Waals surface area (Å²) in [5.74, 6) is -0.776. The molecule has 0 bridgehead atoms. The number of amides is 2. The maximum Gasteiger partial charge on any atom is 0.251 e. The molecule has 6 heteroatoms. The normalized spacial score (nSPS) is 11.4. The summed E-state index contributed by atoms with van der Waals surface area (Å²) in [6.07, 6.45) is 0.308. The van der Waals surface area contributed by atoms with E-state index in [0.29, 0.717) is 23.2 Å². The van der Waals surface area contributed by atoms with Gasteiger partial charge in [-0.25, -0.2) is 0 Å². The van der Waals surface area contributed by atoms with Crippen LogP contribution in [0.4, 0.5) is 5.69 Å². The van der Waals surface area contributed by atoms with E-state index in [4.69, 9.17) is 0 Å². The predicted molar refractivity (Wildman–Crippen MR) is 151 cm³/mol. The van der Waals surface area contributed by atoms with Crippen molar-refractivity contribution in [2.45, 2.75) is 19.4 Å². The van der Waals surface area contributed by atoms with Crippen molar-refractivity contribution in [3.05, 3.63) is 123 Å². The Bertz CT molecular complexity index is 1380. The molecule has 0 unspecified atom stereocenters. The van der Waals surface area contributed by atoms with Gasteiger partial charge in [0.25, 0.3) is 5.91 Å². The van der Waals surface area contributed by atoms with Crippen LogP contribution in [-0.4, -0.2) is 23.6 Å². The topological polar surface area (TPSA) is 75.3 Å². The Morgan fingerprint density at radius 1 is 0.750 bits per heavy atom. The lowest BCUT2D eigenvalue weighted by atomic mass is 10.00. The molecule has 4 aromatic rings. The molecule has 4 rings (SSSR count). The van der Waals surface area contributed by atoms with Crippen LogP contribution in [0.15, 0.2) is 103 Å². The van der Waals surface area contributed by atoms with E-state index < -0.39 is 6.04 Å². The van der Waals surface area contributed by atoms with Crippen LogP contribution >= 0.6 is 22.6 Å². The van der Waals surface area contributed by atoms with E-state index in [0.717, 1.165) is 20.3 Å². The predicted octanol–water partition coefficient (Wildman–Crippen LogP) is 6.14. The summed E-state index contributed by atoms with van der Waals surface area (Å²) in [5.41, 5.74) is 4.58. The first-order chi connectivity index (χ1) is 17.4. The number of hydrogen-bond acceptors (Lipinski definition) is 3. The molecule has 0 saturated carbocycles. The highest BCUT2D eigenvalue weighted by molar-refractivity contribution is 14.1. The van der Waals surface area contributed by atoms with Gasteiger partial charge in [-0.15, -0.1) is 0 Å². The zero-order valence-electron chi connectivity index (χ0n) is 19.7. The van der Waals surface area contributed by atoms with Crippen molar-refractivity contribution >= 4 is 45.9 Å². The molecular weight excluding hydrogens is 563 g/mol. The number of Topliss-reactive ketones (excluding diaryl/α,β-unsaturated/α-hetero) is 1. The van der Waals surface area contributed by atoms with E-state index >= 15 is 0 Å². The van der Waals surface area contributed by atoms with Crippen LogP contribution in [0.3, 0.4) is 0 Å². The van der Waals surface area contributed by atoms with Crippen molar-refractivity contribution in [3.63, 3.8) is 0 Å². The number of carbonyl (C=O) groups is 3. The molecule has 1 atom stereocenters. The molecule has 2 amide bonds. The molecular formula is C30H25IN2O3. The number of hydrogen-bond donors (Lipinski definition) is 2. The summed E-state index contributed by atoms with van der Waals surface area (Å²) in [6, 6.07) is 31.2. The van der Waals surface area contributed by atoms with Crippen molar-refractivity contribution in [1.29, 1.82) is 0 Å². The SMILES string of the molecule is CC(=O)c1cccc(NC(=O)[C@H](Cc2ccc(-c3ccccc3)cc2)NC(=O)c2cccc(I)c2)c1. The monoisotopic (exact) mass is 588 g/mol. The molecule has 4 aromatic carbocycles. The minimum absolute atomic E-state index is 0.0897. The van der Waals surface area contributed by atoms with Crippen LogP contribution in [0.2, 0.25) is 0 Å². The van der Waals surface area contributed by atoms with Gasteiger partial charge in [-0.1, -0.05) is 72.8 Å². The largest absolute Gasteiger partial charge is 0.340 e. The van der Waals surface area contributed by atoms with Crippen LogP contribution in [-0.2, 0) is 11.2 Å². The summed E-state index contributed by atoms with van der Waals surface area (Å²) < 4.78 is 0.929. The highest BCUT2D eigenvalue weighted by atomic mass is 127. The fourth-order valence-electron chi connectivity index (χ4n) is 3.83. The minimum atomic E-state index is -0.820. The minimum Gasteiger partial charge on any atom is -0.340 e. The van der Waals surface area contributed by atoms with Gasteiger partial charge >= 0.3 is 0 Å². The van der Waals surface area contributed by atoms with Gasteiger partial charge < -0.3 is 10.6 Å². The molecule has 0 aliphatic heterocycles. The number of rotatable bonds is 8. The number of ketones is 1.